The maximum Gasteiger partial charge on any atom is 0.244 e. The van der Waals surface area contributed by atoms with Crippen LogP contribution in [0.1, 0.15) is 38.7 Å². The first-order chi connectivity index (χ1) is 9.69. The zero-order valence-corrected chi connectivity index (χ0v) is 14.3. The molecule has 2 rings (SSSR count). The standard InChI is InChI=1S/C15H23ClN2O2S/c1-11(2)12-4-5-13(16)14(8-12)21(19,20)18-7-6-15(3,9-17)10-18/h4-5,8,11H,6-7,9-10,17H2,1-3H3. The molecule has 0 bridgehead atoms. The lowest BCUT2D eigenvalue weighted by atomic mass is 9.90. The van der Waals surface area contributed by atoms with Crippen LogP contribution in [0.5, 0.6) is 0 Å². The lowest BCUT2D eigenvalue weighted by Gasteiger charge is -2.23. The zero-order chi connectivity index (χ0) is 15.8. The Morgan fingerprint density at radius 1 is 1.43 bits per heavy atom. The third-order valence-corrected chi connectivity index (χ3v) is 6.58. The van der Waals surface area contributed by atoms with Gasteiger partial charge in [0.2, 0.25) is 10.0 Å². The van der Waals surface area contributed by atoms with Gasteiger partial charge in [-0.2, -0.15) is 4.31 Å². The summed E-state index contributed by atoms with van der Waals surface area (Å²) >= 11 is 6.14. The highest BCUT2D eigenvalue weighted by atomic mass is 35.5. The zero-order valence-electron chi connectivity index (χ0n) is 12.8. The van der Waals surface area contributed by atoms with Crippen molar-refractivity contribution in [1.82, 2.24) is 4.31 Å². The molecule has 1 fully saturated rings. The first kappa shape index (κ1) is 16.7. The third kappa shape index (κ3) is 3.26. The Balaban J connectivity index is 2.39. The Hall–Kier alpha value is -0.620. The number of sulfonamides is 1. The average molecular weight is 331 g/mol. The maximum atomic E-state index is 12.8. The second-order valence-corrected chi connectivity index (χ2v) is 8.76. The van der Waals surface area contributed by atoms with Crippen molar-refractivity contribution in [2.75, 3.05) is 19.6 Å². The van der Waals surface area contributed by atoms with Crippen LogP contribution < -0.4 is 5.73 Å². The predicted octanol–water partition coefficient (Wildman–Crippen LogP) is 2.82. The van der Waals surface area contributed by atoms with E-state index in [1.54, 1.807) is 12.1 Å². The van der Waals surface area contributed by atoms with Gasteiger partial charge in [0.25, 0.3) is 0 Å². The molecule has 1 aliphatic heterocycles. The molecule has 1 saturated heterocycles. The van der Waals surface area contributed by atoms with E-state index in [9.17, 15) is 8.42 Å². The molecular formula is C15H23ClN2O2S. The van der Waals surface area contributed by atoms with E-state index in [4.69, 9.17) is 17.3 Å². The summed E-state index contributed by atoms with van der Waals surface area (Å²) in [5.74, 6) is 0.254. The summed E-state index contributed by atoms with van der Waals surface area (Å²) in [6.45, 7) is 7.52. The van der Waals surface area contributed by atoms with Gasteiger partial charge in [0.05, 0.1) is 5.02 Å². The van der Waals surface area contributed by atoms with Gasteiger partial charge in [0, 0.05) is 13.1 Å². The first-order valence-electron chi connectivity index (χ1n) is 7.19. The third-order valence-electron chi connectivity index (χ3n) is 4.26. The molecule has 1 aromatic carbocycles. The molecular weight excluding hydrogens is 308 g/mol. The summed E-state index contributed by atoms with van der Waals surface area (Å²) in [6, 6.07) is 5.24. The Morgan fingerprint density at radius 3 is 2.62 bits per heavy atom. The minimum Gasteiger partial charge on any atom is -0.330 e. The van der Waals surface area contributed by atoms with Crippen molar-refractivity contribution in [2.24, 2.45) is 11.1 Å². The van der Waals surface area contributed by atoms with Crippen LogP contribution in [0, 0.1) is 5.41 Å². The molecule has 0 aromatic heterocycles. The molecule has 1 unspecified atom stereocenters. The van der Waals surface area contributed by atoms with Gasteiger partial charge in [-0.05, 0) is 42.0 Å². The molecule has 0 aliphatic carbocycles. The first-order valence-corrected chi connectivity index (χ1v) is 9.01. The summed E-state index contributed by atoms with van der Waals surface area (Å²) in [6.07, 6.45) is 0.782. The average Bonchev–Trinajstić information content (AvgIpc) is 2.83. The van der Waals surface area contributed by atoms with Gasteiger partial charge >= 0.3 is 0 Å². The molecule has 4 nitrogen and oxygen atoms in total. The van der Waals surface area contributed by atoms with E-state index in [2.05, 4.69) is 0 Å². The van der Waals surface area contributed by atoms with Gasteiger partial charge in [0.1, 0.15) is 4.90 Å². The Morgan fingerprint density at radius 2 is 2.10 bits per heavy atom. The Bertz CT molecular complexity index is 631. The van der Waals surface area contributed by atoms with Crippen LogP contribution in [-0.4, -0.2) is 32.4 Å². The highest BCUT2D eigenvalue weighted by Gasteiger charge is 2.39. The molecule has 1 aromatic rings. The van der Waals surface area contributed by atoms with E-state index >= 15 is 0 Å². The number of benzene rings is 1. The van der Waals surface area contributed by atoms with E-state index in [1.807, 2.05) is 26.8 Å². The van der Waals surface area contributed by atoms with Crippen LogP contribution in [-0.2, 0) is 10.0 Å². The highest BCUT2D eigenvalue weighted by molar-refractivity contribution is 7.89. The molecule has 1 atom stereocenters. The lowest BCUT2D eigenvalue weighted by molar-refractivity contribution is 0.349. The summed E-state index contributed by atoms with van der Waals surface area (Å²) in [7, 11) is -3.56. The van der Waals surface area contributed by atoms with Gasteiger partial charge < -0.3 is 5.73 Å². The Kier molecular flexibility index (Phi) is 4.69. The van der Waals surface area contributed by atoms with E-state index in [0.717, 1.165) is 12.0 Å². The van der Waals surface area contributed by atoms with Crippen LogP contribution in [0.2, 0.25) is 5.02 Å². The number of nitrogens with two attached hydrogens (primary N) is 1. The highest BCUT2D eigenvalue weighted by Crippen LogP contribution is 2.35. The fourth-order valence-electron chi connectivity index (χ4n) is 2.57. The van der Waals surface area contributed by atoms with Gasteiger partial charge in [-0.3, -0.25) is 0 Å². The number of hydrogen-bond donors (Lipinski definition) is 1. The molecule has 118 valence electrons. The van der Waals surface area contributed by atoms with E-state index < -0.39 is 10.0 Å². The van der Waals surface area contributed by atoms with Crippen molar-refractivity contribution in [2.45, 2.75) is 38.0 Å². The van der Waals surface area contributed by atoms with Crippen molar-refractivity contribution in [1.29, 1.82) is 0 Å². The molecule has 21 heavy (non-hydrogen) atoms. The smallest absolute Gasteiger partial charge is 0.244 e. The van der Waals surface area contributed by atoms with Gasteiger partial charge in [0.15, 0.2) is 0 Å². The van der Waals surface area contributed by atoms with E-state index in [1.165, 1.54) is 4.31 Å². The van der Waals surface area contributed by atoms with Crippen molar-refractivity contribution < 1.29 is 8.42 Å². The van der Waals surface area contributed by atoms with Crippen LogP contribution in [0.15, 0.2) is 23.1 Å². The van der Waals surface area contributed by atoms with Crippen LogP contribution in [0.3, 0.4) is 0 Å². The van der Waals surface area contributed by atoms with Crippen molar-refractivity contribution in [3.8, 4) is 0 Å². The van der Waals surface area contributed by atoms with Crippen LogP contribution in [0.4, 0.5) is 0 Å². The molecule has 6 heteroatoms. The SMILES string of the molecule is CC(C)c1ccc(Cl)c(S(=O)(=O)N2CCC(C)(CN)C2)c1. The summed E-state index contributed by atoms with van der Waals surface area (Å²) in [4.78, 5) is 0.205. The van der Waals surface area contributed by atoms with Gasteiger partial charge in [-0.25, -0.2) is 8.42 Å². The molecule has 1 heterocycles. The molecule has 0 amide bonds. The quantitative estimate of drug-likeness (QED) is 0.923. The molecule has 0 radical (unpaired) electrons. The normalized spacial score (nSPS) is 23.9. The second-order valence-electron chi connectivity index (χ2n) is 6.45. The number of rotatable bonds is 4. The van der Waals surface area contributed by atoms with E-state index in [0.29, 0.717) is 19.6 Å². The predicted molar refractivity (Wildman–Crippen MR) is 86.1 cm³/mol. The Labute approximate surface area is 132 Å². The number of hydrogen-bond acceptors (Lipinski definition) is 3. The lowest BCUT2D eigenvalue weighted by Crippen LogP contribution is -2.34. The minimum atomic E-state index is -3.56. The maximum absolute atomic E-state index is 12.8. The largest absolute Gasteiger partial charge is 0.330 e. The summed E-state index contributed by atoms with van der Waals surface area (Å²) in [5.41, 5.74) is 6.59. The second kappa shape index (κ2) is 5.88. The molecule has 0 spiro atoms. The van der Waals surface area contributed by atoms with Crippen molar-refractivity contribution in [3.63, 3.8) is 0 Å². The monoisotopic (exact) mass is 330 g/mol. The van der Waals surface area contributed by atoms with Crippen LogP contribution >= 0.6 is 11.6 Å². The van der Waals surface area contributed by atoms with Crippen molar-refractivity contribution in [3.05, 3.63) is 28.8 Å². The summed E-state index contributed by atoms with van der Waals surface area (Å²) in [5, 5.41) is 0.278. The molecule has 1 aliphatic rings. The molecule has 0 saturated carbocycles. The topological polar surface area (TPSA) is 63.4 Å². The summed E-state index contributed by atoms with van der Waals surface area (Å²) < 4.78 is 27.2. The minimum absolute atomic E-state index is 0.144. The number of nitrogens with zero attached hydrogens (tertiary/aromatic N) is 1. The fraction of sp³-hybridized carbons (Fsp3) is 0.600. The van der Waals surface area contributed by atoms with Gasteiger partial charge in [-0.15, -0.1) is 0 Å². The van der Waals surface area contributed by atoms with Gasteiger partial charge in [-0.1, -0.05) is 38.4 Å². The fourth-order valence-corrected chi connectivity index (χ4v) is 4.67. The van der Waals surface area contributed by atoms with E-state index in [-0.39, 0.29) is 21.3 Å². The molecule has 2 N–H and O–H groups in total. The number of halogens is 1. The van der Waals surface area contributed by atoms with Crippen LogP contribution in [0.25, 0.3) is 0 Å². The van der Waals surface area contributed by atoms with Crippen molar-refractivity contribution >= 4 is 21.6 Å².